The van der Waals surface area contributed by atoms with Gasteiger partial charge in [-0.15, -0.1) is 10.2 Å². The Balaban J connectivity index is 1.58. The van der Waals surface area contributed by atoms with Crippen molar-refractivity contribution in [3.05, 3.63) is 41.1 Å². The average molecular weight is 372 g/mol. The van der Waals surface area contributed by atoms with Crippen molar-refractivity contribution < 1.29 is 13.7 Å². The van der Waals surface area contributed by atoms with Crippen molar-refractivity contribution in [1.82, 2.24) is 15.4 Å². The second kappa shape index (κ2) is 7.74. The monoisotopic (exact) mass is 372 g/mol. The normalized spacial score (nSPS) is 11.1. The molecule has 26 heavy (non-hydrogen) atoms. The lowest BCUT2D eigenvalue weighted by Crippen LogP contribution is -2.13. The maximum atomic E-state index is 12.0. The fourth-order valence-corrected chi connectivity index (χ4v) is 2.97. The second-order valence-electron chi connectivity index (χ2n) is 6.36. The summed E-state index contributed by atoms with van der Waals surface area (Å²) in [6.45, 7) is 8.03. The fourth-order valence-electron chi connectivity index (χ4n) is 2.40. The maximum Gasteiger partial charge on any atom is 0.277 e. The molecule has 2 heterocycles. The molecule has 0 unspecified atom stereocenters. The molecule has 7 nitrogen and oxygen atoms in total. The number of nitrogens with one attached hydrogen (secondary N) is 1. The van der Waals surface area contributed by atoms with Crippen molar-refractivity contribution in [3.63, 3.8) is 0 Å². The van der Waals surface area contributed by atoms with Crippen molar-refractivity contribution in [2.45, 2.75) is 38.8 Å². The third-order valence-electron chi connectivity index (χ3n) is 3.58. The first-order valence-corrected chi connectivity index (χ1v) is 9.20. The first kappa shape index (κ1) is 18.2. The van der Waals surface area contributed by atoms with Crippen LogP contribution in [0.4, 0.5) is 5.88 Å². The molecule has 3 rings (SSSR count). The number of benzene rings is 1. The van der Waals surface area contributed by atoms with Crippen LogP contribution >= 0.6 is 11.8 Å². The third kappa shape index (κ3) is 4.51. The molecule has 0 fully saturated rings. The molecule has 136 valence electrons. The Hall–Kier alpha value is -2.61. The molecular weight excluding hydrogens is 352 g/mol. The molecule has 0 saturated carbocycles. The Kier molecular flexibility index (Phi) is 5.41. The summed E-state index contributed by atoms with van der Waals surface area (Å²) >= 11 is 1.17. The first-order chi connectivity index (χ1) is 12.4. The molecule has 0 radical (unpaired) electrons. The number of aromatic nitrogens is 3. The minimum absolute atomic E-state index is 0.131. The zero-order valence-corrected chi connectivity index (χ0v) is 15.9. The van der Waals surface area contributed by atoms with Gasteiger partial charge in [-0.2, -0.15) is 0 Å². The van der Waals surface area contributed by atoms with Crippen LogP contribution in [-0.2, 0) is 4.79 Å². The molecule has 0 bridgehead atoms. The van der Waals surface area contributed by atoms with Gasteiger partial charge in [-0.05, 0) is 31.9 Å². The van der Waals surface area contributed by atoms with Gasteiger partial charge in [0, 0.05) is 11.6 Å². The van der Waals surface area contributed by atoms with Gasteiger partial charge in [0.25, 0.3) is 5.22 Å². The first-order valence-electron chi connectivity index (χ1n) is 8.22. The molecule has 2 aromatic heterocycles. The minimum atomic E-state index is -0.229. The van der Waals surface area contributed by atoms with Crippen molar-refractivity contribution in [1.29, 1.82) is 0 Å². The van der Waals surface area contributed by atoms with Crippen LogP contribution in [0, 0.1) is 13.8 Å². The summed E-state index contributed by atoms with van der Waals surface area (Å²) in [6.07, 6.45) is 0. The molecule has 0 spiro atoms. The van der Waals surface area contributed by atoms with Gasteiger partial charge in [-0.25, -0.2) is 0 Å². The van der Waals surface area contributed by atoms with E-state index in [9.17, 15) is 4.79 Å². The van der Waals surface area contributed by atoms with Crippen LogP contribution in [-0.4, -0.2) is 27.0 Å². The highest BCUT2D eigenvalue weighted by molar-refractivity contribution is 7.99. The van der Waals surface area contributed by atoms with E-state index < -0.39 is 0 Å². The van der Waals surface area contributed by atoms with Gasteiger partial charge in [0.05, 0.1) is 11.4 Å². The van der Waals surface area contributed by atoms with E-state index in [1.807, 2.05) is 39.8 Å². The predicted molar refractivity (Wildman–Crippen MR) is 99.2 cm³/mol. The number of hydrogen-bond acceptors (Lipinski definition) is 7. The van der Waals surface area contributed by atoms with Crippen molar-refractivity contribution >= 4 is 23.6 Å². The van der Waals surface area contributed by atoms with Gasteiger partial charge in [-0.3, -0.25) is 10.1 Å². The summed E-state index contributed by atoms with van der Waals surface area (Å²) in [4.78, 5) is 12.0. The number of amides is 1. The molecule has 1 amide bonds. The Morgan fingerprint density at radius 1 is 1.15 bits per heavy atom. The molecule has 0 aliphatic heterocycles. The van der Waals surface area contributed by atoms with E-state index in [4.69, 9.17) is 8.94 Å². The molecule has 0 aliphatic carbocycles. The predicted octanol–water partition coefficient (Wildman–Crippen LogP) is 4.20. The van der Waals surface area contributed by atoms with Crippen LogP contribution in [0.3, 0.4) is 0 Å². The lowest BCUT2D eigenvalue weighted by molar-refractivity contribution is -0.113. The lowest BCUT2D eigenvalue weighted by Gasteiger charge is -2.00. The Morgan fingerprint density at radius 2 is 1.88 bits per heavy atom. The van der Waals surface area contributed by atoms with E-state index in [0.29, 0.717) is 17.0 Å². The van der Waals surface area contributed by atoms with Crippen molar-refractivity contribution in [2.75, 3.05) is 11.1 Å². The van der Waals surface area contributed by atoms with Crippen molar-refractivity contribution in [2.24, 2.45) is 0 Å². The van der Waals surface area contributed by atoms with E-state index in [1.165, 1.54) is 11.8 Å². The maximum absolute atomic E-state index is 12.0. The quantitative estimate of drug-likeness (QED) is 0.648. The van der Waals surface area contributed by atoms with E-state index in [-0.39, 0.29) is 17.6 Å². The average Bonchev–Trinajstić information content (AvgIpc) is 3.21. The van der Waals surface area contributed by atoms with Gasteiger partial charge >= 0.3 is 0 Å². The SMILES string of the molecule is Cc1cc(C)cc(-c2nnc(SCC(=O)Nc3cc(C(C)C)no3)o2)c1. The zero-order chi connectivity index (χ0) is 18.7. The van der Waals surface area contributed by atoms with Crippen LogP contribution in [0.2, 0.25) is 0 Å². The number of thioether (sulfide) groups is 1. The molecular formula is C18H20N4O3S. The number of anilines is 1. The molecule has 0 atom stereocenters. The summed E-state index contributed by atoms with van der Waals surface area (Å²) in [5.74, 6) is 0.914. The van der Waals surface area contributed by atoms with Crippen LogP contribution in [0.25, 0.3) is 11.5 Å². The zero-order valence-electron chi connectivity index (χ0n) is 15.1. The Labute approximate surface area is 155 Å². The number of carbonyl (C=O) groups is 1. The largest absolute Gasteiger partial charge is 0.411 e. The van der Waals surface area contributed by atoms with Crippen LogP contribution < -0.4 is 5.32 Å². The van der Waals surface area contributed by atoms with Crippen molar-refractivity contribution in [3.8, 4) is 11.5 Å². The summed E-state index contributed by atoms with van der Waals surface area (Å²) in [7, 11) is 0. The molecule has 0 saturated heterocycles. The second-order valence-corrected chi connectivity index (χ2v) is 7.28. The smallest absolute Gasteiger partial charge is 0.277 e. The van der Waals surface area contributed by atoms with E-state index in [1.54, 1.807) is 6.07 Å². The highest BCUT2D eigenvalue weighted by atomic mass is 32.2. The highest BCUT2D eigenvalue weighted by Crippen LogP contribution is 2.25. The summed E-state index contributed by atoms with van der Waals surface area (Å²) in [5.41, 5.74) is 3.91. The topological polar surface area (TPSA) is 94.1 Å². The highest BCUT2D eigenvalue weighted by Gasteiger charge is 2.14. The summed E-state index contributed by atoms with van der Waals surface area (Å²) in [6, 6.07) is 7.77. The molecule has 3 aromatic rings. The fraction of sp³-hybridized carbons (Fsp3) is 0.333. The van der Waals surface area contributed by atoms with Gasteiger partial charge < -0.3 is 8.94 Å². The number of nitrogens with zero attached hydrogens (tertiary/aromatic N) is 3. The standard InChI is InChI=1S/C18H20N4O3S/c1-10(2)14-8-16(25-22-14)19-15(23)9-26-18-21-20-17(24-18)13-6-11(3)5-12(4)7-13/h5-8,10H,9H2,1-4H3,(H,19,23). The molecule has 0 aliphatic rings. The molecule has 1 N–H and O–H groups in total. The number of carbonyl (C=O) groups excluding carboxylic acids is 1. The van der Waals surface area contributed by atoms with Gasteiger partial charge in [0.1, 0.15) is 0 Å². The molecule has 1 aromatic carbocycles. The van der Waals surface area contributed by atoms with E-state index >= 15 is 0 Å². The van der Waals surface area contributed by atoms with Crippen LogP contribution in [0.15, 0.2) is 38.4 Å². The minimum Gasteiger partial charge on any atom is -0.411 e. The lowest BCUT2D eigenvalue weighted by atomic mass is 10.1. The number of rotatable bonds is 6. The van der Waals surface area contributed by atoms with Gasteiger partial charge in [-0.1, -0.05) is 48.0 Å². The number of hydrogen-bond donors (Lipinski definition) is 1. The third-order valence-corrected chi connectivity index (χ3v) is 4.40. The summed E-state index contributed by atoms with van der Waals surface area (Å²) in [5, 5.41) is 14.9. The van der Waals surface area contributed by atoms with Gasteiger partial charge in [0.15, 0.2) is 0 Å². The Bertz CT molecular complexity index is 897. The molecule has 8 heteroatoms. The number of aryl methyl sites for hydroxylation is 2. The summed E-state index contributed by atoms with van der Waals surface area (Å²) < 4.78 is 10.7. The van der Waals surface area contributed by atoms with E-state index in [0.717, 1.165) is 22.4 Å². The Morgan fingerprint density at radius 3 is 2.54 bits per heavy atom. The van der Waals surface area contributed by atoms with Crippen LogP contribution in [0.5, 0.6) is 0 Å². The van der Waals surface area contributed by atoms with Gasteiger partial charge in [0.2, 0.25) is 17.7 Å². The van der Waals surface area contributed by atoms with E-state index in [2.05, 4.69) is 26.7 Å². The van der Waals surface area contributed by atoms with Crippen LogP contribution in [0.1, 0.15) is 36.6 Å².